The van der Waals surface area contributed by atoms with Gasteiger partial charge in [0.1, 0.15) is 10.8 Å². The van der Waals surface area contributed by atoms with Crippen LogP contribution in [0, 0.1) is 31.5 Å². The summed E-state index contributed by atoms with van der Waals surface area (Å²) in [5, 5.41) is 11.1. The molecule has 10 nitrogen and oxygen atoms in total. The normalized spacial score (nSPS) is 20.3. The van der Waals surface area contributed by atoms with Gasteiger partial charge in [-0.3, -0.25) is 24.0 Å². The molecule has 1 saturated carbocycles. The highest BCUT2D eigenvalue weighted by molar-refractivity contribution is 7.97. The number of carbonyl (C=O) groups is 1. The minimum Gasteiger partial charge on any atom is -0.377 e. The molecule has 214 valence electrons. The Labute approximate surface area is 245 Å². The molecule has 1 aliphatic carbocycles. The van der Waals surface area contributed by atoms with E-state index in [1.165, 1.54) is 11.9 Å². The van der Waals surface area contributed by atoms with Crippen molar-refractivity contribution in [1.82, 2.24) is 29.5 Å². The zero-order chi connectivity index (χ0) is 29.2. The van der Waals surface area contributed by atoms with Gasteiger partial charge in [0.2, 0.25) is 5.95 Å². The van der Waals surface area contributed by atoms with Crippen LogP contribution in [-0.2, 0) is 7.05 Å². The second kappa shape index (κ2) is 10.3. The number of carbonyl (C=O) groups excluding carboxylic acids is 1. The van der Waals surface area contributed by atoms with Gasteiger partial charge in [-0.15, -0.1) is 0 Å². The molecule has 41 heavy (non-hydrogen) atoms. The molecule has 13 heteroatoms. The third-order valence-corrected chi connectivity index (χ3v) is 8.73. The highest BCUT2D eigenvalue weighted by Gasteiger charge is 2.59. The largest absolute Gasteiger partial charge is 0.377 e. The highest BCUT2D eigenvalue weighted by Crippen LogP contribution is 2.58. The van der Waals surface area contributed by atoms with E-state index >= 15 is 0 Å². The van der Waals surface area contributed by atoms with Crippen LogP contribution >= 0.6 is 23.5 Å². The van der Waals surface area contributed by atoms with Gasteiger partial charge in [0.15, 0.2) is 11.5 Å². The topological polar surface area (TPSA) is 121 Å². The van der Waals surface area contributed by atoms with E-state index in [1.54, 1.807) is 36.9 Å². The summed E-state index contributed by atoms with van der Waals surface area (Å²) in [7, 11) is 1.74. The molecule has 6 rings (SSSR count). The Kier molecular flexibility index (Phi) is 6.93. The van der Waals surface area contributed by atoms with Crippen molar-refractivity contribution in [2.75, 3.05) is 29.6 Å². The SMILES string of the molecule is CSNC(=O)c1nc(Cl)ccc1NC(C)c1cc(C)cc2c(=O)n(C)c(N3CC4C(C3)C4c3n[nH]c(C)c3F)nc12. The number of benzene rings is 1. The molecule has 4 heterocycles. The fraction of sp³-hybridized carbons (Fsp3) is 0.393. The number of piperidine rings is 1. The molecule has 1 aliphatic heterocycles. The van der Waals surface area contributed by atoms with Gasteiger partial charge in [0.25, 0.3) is 11.5 Å². The summed E-state index contributed by atoms with van der Waals surface area (Å²) in [6.07, 6.45) is 1.75. The predicted octanol–water partition coefficient (Wildman–Crippen LogP) is 4.49. The lowest BCUT2D eigenvalue weighted by molar-refractivity contribution is 0.0980. The average Bonchev–Trinajstić information content (AvgIpc) is 3.23. The van der Waals surface area contributed by atoms with Gasteiger partial charge in [-0.2, -0.15) is 5.10 Å². The third-order valence-electron chi connectivity index (χ3n) is 8.13. The molecular formula is C28H30ClFN8O2S. The predicted molar refractivity (Wildman–Crippen MR) is 159 cm³/mol. The second-order valence-corrected chi connectivity index (χ2v) is 11.9. The minimum atomic E-state index is -0.367. The monoisotopic (exact) mass is 596 g/mol. The van der Waals surface area contributed by atoms with Crippen LogP contribution in [-0.4, -0.2) is 50.0 Å². The number of nitrogens with one attached hydrogen (secondary N) is 3. The van der Waals surface area contributed by atoms with E-state index in [0.717, 1.165) is 11.1 Å². The Morgan fingerprint density at radius 2 is 1.95 bits per heavy atom. The van der Waals surface area contributed by atoms with Gasteiger partial charge in [-0.25, -0.2) is 14.4 Å². The molecule has 3 N–H and O–H groups in total. The van der Waals surface area contributed by atoms with Crippen molar-refractivity contribution >= 4 is 52.0 Å². The van der Waals surface area contributed by atoms with Gasteiger partial charge in [0, 0.05) is 37.9 Å². The molecule has 1 amide bonds. The third kappa shape index (κ3) is 4.72. The zero-order valence-corrected chi connectivity index (χ0v) is 24.8. The van der Waals surface area contributed by atoms with Crippen LogP contribution in [0.1, 0.15) is 51.9 Å². The lowest BCUT2D eigenvalue weighted by atomic mass is 10.0. The van der Waals surface area contributed by atoms with E-state index in [-0.39, 0.29) is 51.9 Å². The molecule has 3 aromatic heterocycles. The van der Waals surface area contributed by atoms with Gasteiger partial charge in [-0.1, -0.05) is 29.6 Å². The number of aromatic amines is 1. The quantitative estimate of drug-likeness (QED) is 0.211. The first-order valence-corrected chi connectivity index (χ1v) is 14.9. The summed E-state index contributed by atoms with van der Waals surface area (Å²) in [4.78, 5) is 37.6. The fourth-order valence-electron chi connectivity index (χ4n) is 6.08. The second-order valence-electron chi connectivity index (χ2n) is 10.9. The summed E-state index contributed by atoms with van der Waals surface area (Å²) in [6, 6.07) is 6.87. The van der Waals surface area contributed by atoms with Crippen molar-refractivity contribution in [1.29, 1.82) is 0 Å². The van der Waals surface area contributed by atoms with Gasteiger partial charge in [0.05, 0.1) is 28.3 Å². The Hall–Kier alpha value is -3.64. The van der Waals surface area contributed by atoms with Gasteiger partial charge >= 0.3 is 0 Å². The molecule has 2 fully saturated rings. The van der Waals surface area contributed by atoms with E-state index in [1.807, 2.05) is 26.0 Å². The molecule has 1 aromatic carbocycles. The fourth-order valence-corrected chi connectivity index (χ4v) is 6.51. The Morgan fingerprint density at radius 1 is 1.22 bits per heavy atom. The maximum Gasteiger partial charge on any atom is 0.281 e. The van der Waals surface area contributed by atoms with Crippen molar-refractivity contribution < 1.29 is 9.18 Å². The number of amides is 1. The Bertz CT molecular complexity index is 1750. The number of aromatic nitrogens is 5. The Morgan fingerprint density at radius 3 is 2.61 bits per heavy atom. The van der Waals surface area contributed by atoms with Crippen LogP contribution in [0.25, 0.3) is 10.9 Å². The minimum absolute atomic E-state index is 0.0848. The van der Waals surface area contributed by atoms with Crippen LogP contribution in [0.2, 0.25) is 5.15 Å². The maximum absolute atomic E-state index is 14.5. The van der Waals surface area contributed by atoms with Crippen LogP contribution in [0.3, 0.4) is 0 Å². The Balaban J connectivity index is 1.33. The van der Waals surface area contributed by atoms with Crippen molar-refractivity contribution in [3.8, 4) is 0 Å². The molecular weight excluding hydrogens is 567 g/mol. The van der Waals surface area contributed by atoms with E-state index in [0.29, 0.717) is 47.0 Å². The summed E-state index contributed by atoms with van der Waals surface area (Å²) >= 11 is 7.26. The average molecular weight is 597 g/mol. The number of H-pyrrole nitrogens is 1. The summed E-state index contributed by atoms with van der Waals surface area (Å²) in [5.74, 6) is 0.578. The van der Waals surface area contributed by atoms with E-state index in [4.69, 9.17) is 16.6 Å². The van der Waals surface area contributed by atoms with Crippen molar-refractivity contribution in [2.45, 2.75) is 32.7 Å². The van der Waals surface area contributed by atoms with Crippen LogP contribution in [0.5, 0.6) is 0 Å². The number of rotatable bonds is 7. The first-order chi connectivity index (χ1) is 19.6. The van der Waals surface area contributed by atoms with E-state index < -0.39 is 0 Å². The lowest BCUT2D eigenvalue weighted by Crippen LogP contribution is -2.32. The summed E-state index contributed by atoms with van der Waals surface area (Å²) in [5.41, 5.74) is 3.85. The molecule has 0 spiro atoms. The highest BCUT2D eigenvalue weighted by atomic mass is 35.5. The number of pyridine rings is 1. The number of halogens is 2. The van der Waals surface area contributed by atoms with Crippen LogP contribution in [0.4, 0.5) is 16.0 Å². The first kappa shape index (κ1) is 27.5. The maximum atomic E-state index is 14.5. The number of nitrogens with zero attached hydrogens (tertiary/aromatic N) is 5. The first-order valence-electron chi connectivity index (χ1n) is 13.3. The molecule has 1 saturated heterocycles. The van der Waals surface area contributed by atoms with Crippen molar-refractivity contribution in [2.24, 2.45) is 18.9 Å². The number of hydrogen-bond acceptors (Lipinski definition) is 8. The van der Waals surface area contributed by atoms with Gasteiger partial charge in [-0.05, 0) is 56.4 Å². The number of anilines is 2. The number of hydrogen-bond donors (Lipinski definition) is 3. The van der Waals surface area contributed by atoms with Crippen LogP contribution in [0.15, 0.2) is 29.1 Å². The molecule has 2 aliphatic rings. The van der Waals surface area contributed by atoms with E-state index in [2.05, 4.69) is 30.1 Å². The smallest absolute Gasteiger partial charge is 0.281 e. The van der Waals surface area contributed by atoms with Gasteiger partial charge < -0.3 is 10.2 Å². The van der Waals surface area contributed by atoms with E-state index in [9.17, 15) is 14.0 Å². The lowest BCUT2D eigenvalue weighted by Gasteiger charge is -2.25. The zero-order valence-electron chi connectivity index (χ0n) is 23.2. The molecule has 4 aromatic rings. The molecule has 3 atom stereocenters. The summed E-state index contributed by atoms with van der Waals surface area (Å²) < 4.78 is 18.8. The van der Waals surface area contributed by atoms with Crippen molar-refractivity contribution in [3.05, 3.63) is 73.8 Å². The summed E-state index contributed by atoms with van der Waals surface area (Å²) in [6.45, 7) is 6.92. The number of fused-ring (bicyclic) bond motifs is 2. The molecule has 0 bridgehead atoms. The van der Waals surface area contributed by atoms with Crippen LogP contribution < -0.4 is 20.5 Å². The molecule has 3 unspecified atom stereocenters. The standard InChI is InChI=1S/C28H30ClFN8O2S/c1-12-8-15(13(2)31-19-6-7-20(29)32-24(19)26(39)36-41-5)23-16(9-12)27(40)37(4)28(33-23)38-10-17-18(11-38)21(17)25-22(30)14(3)34-35-25/h6-9,13,17-18,21,31H,10-11H2,1-5H3,(H,34,35)(H,36,39). The molecule has 0 radical (unpaired) electrons. The van der Waals surface area contributed by atoms with Crippen molar-refractivity contribution in [3.63, 3.8) is 0 Å². The number of aryl methyl sites for hydroxylation is 2.